The average Bonchev–Trinajstić information content (AvgIpc) is 2.94. The lowest BCUT2D eigenvalue weighted by Crippen LogP contribution is -2.21. The van der Waals surface area contributed by atoms with Gasteiger partial charge in [-0.05, 0) is 36.5 Å². The van der Waals surface area contributed by atoms with Gasteiger partial charge in [-0.2, -0.15) is 0 Å². The van der Waals surface area contributed by atoms with Crippen LogP contribution in [-0.2, 0) is 25.9 Å². The van der Waals surface area contributed by atoms with Crippen molar-refractivity contribution in [1.82, 2.24) is 4.98 Å². The Morgan fingerprint density at radius 3 is 2.75 bits per heavy atom. The Bertz CT molecular complexity index is 593. The predicted molar refractivity (Wildman–Crippen MR) is 82.7 cm³/mol. The van der Waals surface area contributed by atoms with E-state index in [-0.39, 0.29) is 0 Å². The van der Waals surface area contributed by atoms with Gasteiger partial charge in [0.1, 0.15) is 5.82 Å². The molecule has 3 rings (SSSR count). The maximum absolute atomic E-state index is 5.91. The molecular formula is C17H21N3. The summed E-state index contributed by atoms with van der Waals surface area (Å²) in [5.41, 5.74) is 11.0. The summed E-state index contributed by atoms with van der Waals surface area (Å²) in [6.45, 7) is 1.41. The van der Waals surface area contributed by atoms with Gasteiger partial charge >= 0.3 is 0 Å². The van der Waals surface area contributed by atoms with Crippen LogP contribution in [0, 0.1) is 0 Å². The van der Waals surface area contributed by atoms with Gasteiger partial charge in [0.15, 0.2) is 0 Å². The van der Waals surface area contributed by atoms with Gasteiger partial charge in [-0.3, -0.25) is 0 Å². The van der Waals surface area contributed by atoms with Crippen LogP contribution in [0.1, 0.15) is 28.8 Å². The van der Waals surface area contributed by atoms with Crippen molar-refractivity contribution < 1.29 is 0 Å². The molecule has 0 amide bonds. The highest BCUT2D eigenvalue weighted by atomic mass is 15.2. The predicted octanol–water partition coefficient (Wildman–Crippen LogP) is 2.67. The lowest BCUT2D eigenvalue weighted by atomic mass is 10.1. The zero-order chi connectivity index (χ0) is 13.9. The van der Waals surface area contributed by atoms with Crippen molar-refractivity contribution >= 4 is 5.82 Å². The Morgan fingerprint density at radius 2 is 2.00 bits per heavy atom. The number of fused-ring (bicyclic) bond motifs is 1. The van der Waals surface area contributed by atoms with E-state index < -0.39 is 0 Å². The number of aromatic nitrogens is 1. The standard InChI is InChI=1S/C17H21N3/c1-20(12-13-6-3-2-4-7-13)17-15(11-18)10-14-8-5-9-16(14)19-17/h2-4,6-7,10H,5,8-9,11-12,18H2,1H3. The summed E-state index contributed by atoms with van der Waals surface area (Å²) in [4.78, 5) is 7.07. The molecule has 0 spiro atoms. The van der Waals surface area contributed by atoms with Gasteiger partial charge in [0.05, 0.1) is 0 Å². The van der Waals surface area contributed by atoms with Crippen molar-refractivity contribution in [3.8, 4) is 0 Å². The Hall–Kier alpha value is -1.87. The minimum atomic E-state index is 0.550. The normalized spacial score (nSPS) is 13.3. The van der Waals surface area contributed by atoms with E-state index in [9.17, 15) is 0 Å². The van der Waals surface area contributed by atoms with Gasteiger partial charge in [-0.25, -0.2) is 4.98 Å². The minimum absolute atomic E-state index is 0.550. The molecule has 0 radical (unpaired) electrons. The third-order valence-electron chi connectivity index (χ3n) is 3.95. The Kier molecular flexibility index (Phi) is 3.70. The van der Waals surface area contributed by atoms with Crippen molar-refractivity contribution in [3.63, 3.8) is 0 Å². The first-order chi connectivity index (χ1) is 9.78. The lowest BCUT2D eigenvalue weighted by molar-refractivity contribution is 0.859. The number of nitrogens with zero attached hydrogens (tertiary/aromatic N) is 2. The second kappa shape index (κ2) is 5.63. The molecule has 0 fully saturated rings. The largest absolute Gasteiger partial charge is 0.355 e. The molecule has 0 saturated carbocycles. The third-order valence-corrected chi connectivity index (χ3v) is 3.95. The summed E-state index contributed by atoms with van der Waals surface area (Å²) in [7, 11) is 2.09. The van der Waals surface area contributed by atoms with E-state index in [0.717, 1.165) is 30.8 Å². The average molecular weight is 267 g/mol. The van der Waals surface area contributed by atoms with Crippen LogP contribution in [0.15, 0.2) is 36.4 Å². The molecule has 20 heavy (non-hydrogen) atoms. The summed E-state index contributed by atoms with van der Waals surface area (Å²) < 4.78 is 0. The number of hydrogen-bond donors (Lipinski definition) is 1. The number of nitrogens with two attached hydrogens (primary N) is 1. The molecule has 3 heteroatoms. The summed E-state index contributed by atoms with van der Waals surface area (Å²) >= 11 is 0. The van der Waals surface area contributed by atoms with Crippen LogP contribution in [-0.4, -0.2) is 12.0 Å². The van der Waals surface area contributed by atoms with Gasteiger partial charge in [0.25, 0.3) is 0 Å². The number of hydrogen-bond acceptors (Lipinski definition) is 3. The Labute approximate surface area is 120 Å². The van der Waals surface area contributed by atoms with E-state index in [2.05, 4.69) is 42.3 Å². The Morgan fingerprint density at radius 1 is 1.20 bits per heavy atom. The summed E-state index contributed by atoms with van der Waals surface area (Å²) in [5, 5.41) is 0. The fourth-order valence-corrected chi connectivity index (χ4v) is 2.92. The van der Waals surface area contributed by atoms with Gasteiger partial charge in [0, 0.05) is 31.4 Å². The van der Waals surface area contributed by atoms with Crippen LogP contribution in [0.5, 0.6) is 0 Å². The van der Waals surface area contributed by atoms with E-state index in [4.69, 9.17) is 10.7 Å². The second-order valence-corrected chi connectivity index (χ2v) is 5.48. The molecule has 1 aliphatic carbocycles. The van der Waals surface area contributed by atoms with E-state index >= 15 is 0 Å². The summed E-state index contributed by atoms with van der Waals surface area (Å²) in [6, 6.07) is 12.7. The van der Waals surface area contributed by atoms with Crippen LogP contribution in [0.2, 0.25) is 0 Å². The fourth-order valence-electron chi connectivity index (χ4n) is 2.92. The topological polar surface area (TPSA) is 42.2 Å². The SMILES string of the molecule is CN(Cc1ccccc1)c1nc2c(cc1CN)CCC2. The first kappa shape index (κ1) is 13.1. The van der Waals surface area contributed by atoms with Gasteiger partial charge in [-0.15, -0.1) is 0 Å². The third kappa shape index (κ3) is 2.54. The Balaban J connectivity index is 1.89. The second-order valence-electron chi connectivity index (χ2n) is 5.48. The molecule has 1 aromatic heterocycles. The smallest absolute Gasteiger partial charge is 0.133 e. The molecule has 0 bridgehead atoms. The van der Waals surface area contributed by atoms with E-state index in [0.29, 0.717) is 6.54 Å². The molecule has 1 heterocycles. The fraction of sp³-hybridized carbons (Fsp3) is 0.353. The summed E-state index contributed by atoms with van der Waals surface area (Å²) in [6.07, 6.45) is 3.47. The molecular weight excluding hydrogens is 246 g/mol. The van der Waals surface area contributed by atoms with Crippen molar-refractivity contribution in [3.05, 3.63) is 58.8 Å². The minimum Gasteiger partial charge on any atom is -0.355 e. The number of rotatable bonds is 4. The zero-order valence-corrected chi connectivity index (χ0v) is 12.0. The molecule has 1 aromatic carbocycles. The molecule has 2 aromatic rings. The zero-order valence-electron chi connectivity index (χ0n) is 12.0. The molecule has 0 atom stereocenters. The highest BCUT2D eigenvalue weighted by Crippen LogP contribution is 2.27. The number of benzene rings is 1. The number of anilines is 1. The van der Waals surface area contributed by atoms with Crippen molar-refractivity contribution in [2.75, 3.05) is 11.9 Å². The first-order valence-corrected chi connectivity index (χ1v) is 7.24. The maximum Gasteiger partial charge on any atom is 0.133 e. The first-order valence-electron chi connectivity index (χ1n) is 7.24. The quantitative estimate of drug-likeness (QED) is 0.926. The van der Waals surface area contributed by atoms with Crippen LogP contribution in [0.4, 0.5) is 5.82 Å². The summed E-state index contributed by atoms with van der Waals surface area (Å²) in [5.74, 6) is 1.04. The molecule has 1 aliphatic rings. The van der Waals surface area contributed by atoms with Gasteiger partial charge in [-0.1, -0.05) is 30.3 Å². The van der Waals surface area contributed by atoms with Crippen molar-refractivity contribution in [2.24, 2.45) is 5.73 Å². The van der Waals surface area contributed by atoms with Crippen LogP contribution in [0.25, 0.3) is 0 Å². The molecule has 104 valence electrons. The van der Waals surface area contributed by atoms with Crippen LogP contribution < -0.4 is 10.6 Å². The highest BCUT2D eigenvalue weighted by Gasteiger charge is 2.17. The van der Waals surface area contributed by atoms with Crippen LogP contribution in [0.3, 0.4) is 0 Å². The maximum atomic E-state index is 5.91. The number of pyridine rings is 1. The number of aryl methyl sites for hydroxylation is 2. The molecule has 3 nitrogen and oxygen atoms in total. The molecule has 0 aliphatic heterocycles. The van der Waals surface area contributed by atoms with E-state index in [1.54, 1.807) is 0 Å². The molecule has 2 N–H and O–H groups in total. The lowest BCUT2D eigenvalue weighted by Gasteiger charge is -2.22. The molecule has 0 saturated heterocycles. The van der Waals surface area contributed by atoms with E-state index in [1.807, 2.05) is 6.07 Å². The van der Waals surface area contributed by atoms with Gasteiger partial charge < -0.3 is 10.6 Å². The monoisotopic (exact) mass is 267 g/mol. The highest BCUT2D eigenvalue weighted by molar-refractivity contribution is 5.50. The molecule has 0 unspecified atom stereocenters. The van der Waals surface area contributed by atoms with Crippen molar-refractivity contribution in [1.29, 1.82) is 0 Å². The van der Waals surface area contributed by atoms with Crippen molar-refractivity contribution in [2.45, 2.75) is 32.4 Å². The van der Waals surface area contributed by atoms with Gasteiger partial charge in [0.2, 0.25) is 0 Å². The van der Waals surface area contributed by atoms with Crippen LogP contribution >= 0.6 is 0 Å². The van der Waals surface area contributed by atoms with E-state index in [1.165, 1.54) is 23.2 Å².